The van der Waals surface area contributed by atoms with E-state index in [-0.39, 0.29) is 12.5 Å². The highest BCUT2D eigenvalue weighted by molar-refractivity contribution is 6.30. The number of hydrogen-bond donors (Lipinski definition) is 0. The highest BCUT2D eigenvalue weighted by Gasteiger charge is 2.38. The second-order valence-corrected chi connectivity index (χ2v) is 10.1. The number of fused-ring (bicyclic) bond motifs is 4. The van der Waals surface area contributed by atoms with Gasteiger partial charge in [0.05, 0.1) is 41.8 Å². The van der Waals surface area contributed by atoms with Gasteiger partial charge in [0.2, 0.25) is 11.8 Å². The first-order valence-electron chi connectivity index (χ1n) is 13.2. The van der Waals surface area contributed by atoms with Crippen molar-refractivity contribution >= 4 is 23.5 Å². The topological polar surface area (TPSA) is 101 Å². The predicted molar refractivity (Wildman–Crippen MR) is 157 cm³/mol. The van der Waals surface area contributed by atoms with Gasteiger partial charge in [-0.05, 0) is 54.4 Å². The zero-order valence-corrected chi connectivity index (χ0v) is 23.4. The molecule has 11 heteroatoms. The summed E-state index contributed by atoms with van der Waals surface area (Å²) in [6.07, 6.45) is 3.24. The van der Waals surface area contributed by atoms with Crippen molar-refractivity contribution in [2.24, 2.45) is 5.16 Å². The molecule has 0 radical (unpaired) electrons. The number of hydrogen-bond acceptors (Lipinski definition) is 8. The average Bonchev–Trinajstić information content (AvgIpc) is 3.60. The molecule has 7 rings (SSSR count). The quantitative estimate of drug-likeness (QED) is 0.166. The Morgan fingerprint density at radius 3 is 2.52 bits per heavy atom. The summed E-state index contributed by atoms with van der Waals surface area (Å²) in [5, 5.41) is 14.2. The van der Waals surface area contributed by atoms with Gasteiger partial charge < -0.3 is 14.3 Å². The maximum Gasteiger partial charge on any atom is 0.230 e. The predicted octanol–water partition coefficient (Wildman–Crippen LogP) is 6.12. The molecular formula is C31H24ClN7O3. The van der Waals surface area contributed by atoms with Crippen LogP contribution in [0.5, 0.6) is 17.5 Å². The van der Waals surface area contributed by atoms with E-state index in [9.17, 15) is 0 Å². The number of oxime groups is 1. The lowest BCUT2D eigenvalue weighted by molar-refractivity contribution is 0.126. The number of aryl methyl sites for hydroxylation is 1. The molecular weight excluding hydrogens is 554 g/mol. The molecule has 6 aromatic rings. The molecule has 1 aliphatic heterocycles. The van der Waals surface area contributed by atoms with Gasteiger partial charge in [0.1, 0.15) is 12.1 Å². The normalized spacial score (nSPS) is 14.0. The fourth-order valence-corrected chi connectivity index (χ4v) is 5.23. The standard InChI is InChI=1S/C31H24ClN7O3/c1-19-26-27(21-8-14-24(40-2)15-9-21)28-29-35-25(17-41-34-16-20-6-4-3-5-7-20)37-38(29)18-33-30(28)42-31(26)39(36-19)23-12-10-22(32)11-13-23/h3-16,18,27H,17H2,1-2H3. The van der Waals surface area contributed by atoms with E-state index in [0.29, 0.717) is 28.3 Å². The van der Waals surface area contributed by atoms with Crippen LogP contribution in [0.15, 0.2) is 90.3 Å². The van der Waals surface area contributed by atoms with Gasteiger partial charge in [-0.25, -0.2) is 19.2 Å². The summed E-state index contributed by atoms with van der Waals surface area (Å²) < 4.78 is 15.3. The zero-order chi connectivity index (χ0) is 28.6. The molecule has 3 aromatic heterocycles. The maximum absolute atomic E-state index is 6.47. The number of aromatic nitrogens is 6. The van der Waals surface area contributed by atoms with E-state index in [4.69, 9.17) is 36.0 Å². The molecule has 0 aliphatic carbocycles. The van der Waals surface area contributed by atoms with Crippen molar-refractivity contribution < 1.29 is 14.3 Å². The minimum absolute atomic E-state index is 0.0899. The summed E-state index contributed by atoms with van der Waals surface area (Å²) in [6, 6.07) is 25.1. The van der Waals surface area contributed by atoms with E-state index >= 15 is 0 Å². The molecule has 0 fully saturated rings. The van der Waals surface area contributed by atoms with E-state index in [1.54, 1.807) is 28.8 Å². The number of rotatable bonds is 7. The molecule has 0 amide bonds. The molecule has 10 nitrogen and oxygen atoms in total. The van der Waals surface area contributed by atoms with E-state index in [1.807, 2.05) is 85.8 Å². The third-order valence-electron chi connectivity index (χ3n) is 7.05. The molecule has 4 heterocycles. The SMILES string of the molecule is COc1ccc(C2c3c(C)nn(-c4ccc(Cl)cc4)c3Oc3ncn4nc(CON=Cc5ccccc5)nc4c32)cc1. The van der Waals surface area contributed by atoms with E-state index in [0.717, 1.165) is 39.4 Å². The lowest BCUT2D eigenvalue weighted by atomic mass is 9.84. The molecule has 0 spiro atoms. The van der Waals surface area contributed by atoms with Crippen molar-refractivity contribution in [2.75, 3.05) is 7.11 Å². The van der Waals surface area contributed by atoms with Gasteiger partial charge in [0.25, 0.3) is 0 Å². The van der Waals surface area contributed by atoms with Crippen molar-refractivity contribution in [2.45, 2.75) is 19.4 Å². The van der Waals surface area contributed by atoms with Gasteiger partial charge in [-0.2, -0.15) is 5.10 Å². The molecule has 1 aliphatic rings. The monoisotopic (exact) mass is 577 g/mol. The van der Waals surface area contributed by atoms with Crippen LogP contribution in [0.1, 0.15) is 39.7 Å². The maximum atomic E-state index is 6.47. The van der Waals surface area contributed by atoms with Crippen LogP contribution in [0.25, 0.3) is 11.3 Å². The first kappa shape index (κ1) is 25.7. The van der Waals surface area contributed by atoms with Crippen molar-refractivity contribution in [3.8, 4) is 23.2 Å². The Morgan fingerprint density at radius 1 is 0.976 bits per heavy atom. The molecule has 1 atom stereocenters. The minimum atomic E-state index is -0.291. The molecule has 0 saturated heterocycles. The average molecular weight is 578 g/mol. The fourth-order valence-electron chi connectivity index (χ4n) is 5.10. The summed E-state index contributed by atoms with van der Waals surface area (Å²) in [5.41, 5.74) is 5.86. The van der Waals surface area contributed by atoms with E-state index in [1.165, 1.54) is 0 Å². The van der Waals surface area contributed by atoms with Crippen molar-refractivity contribution in [1.29, 1.82) is 0 Å². The molecule has 1 unspecified atom stereocenters. The van der Waals surface area contributed by atoms with Gasteiger partial charge in [0.15, 0.2) is 18.1 Å². The summed E-state index contributed by atoms with van der Waals surface area (Å²) in [4.78, 5) is 15.0. The third kappa shape index (κ3) is 4.61. The van der Waals surface area contributed by atoms with Crippen LogP contribution in [-0.4, -0.2) is 42.7 Å². The lowest BCUT2D eigenvalue weighted by Crippen LogP contribution is -2.16. The van der Waals surface area contributed by atoms with Crippen molar-refractivity contribution in [1.82, 2.24) is 29.4 Å². The second kappa shape index (κ2) is 10.6. The van der Waals surface area contributed by atoms with Crippen LogP contribution in [0.4, 0.5) is 0 Å². The summed E-state index contributed by atoms with van der Waals surface area (Å²) in [7, 11) is 1.65. The van der Waals surface area contributed by atoms with Crippen LogP contribution >= 0.6 is 11.6 Å². The van der Waals surface area contributed by atoms with Gasteiger partial charge >= 0.3 is 0 Å². The Kier molecular flexibility index (Phi) is 6.52. The largest absolute Gasteiger partial charge is 0.497 e. The summed E-state index contributed by atoms with van der Waals surface area (Å²) in [6.45, 7) is 2.06. The van der Waals surface area contributed by atoms with E-state index < -0.39 is 0 Å². The molecule has 3 aromatic carbocycles. The lowest BCUT2D eigenvalue weighted by Gasteiger charge is -2.26. The first-order valence-corrected chi connectivity index (χ1v) is 13.6. The summed E-state index contributed by atoms with van der Waals surface area (Å²) in [5.74, 6) is 1.93. The Morgan fingerprint density at radius 2 is 1.76 bits per heavy atom. The number of benzene rings is 3. The first-order chi connectivity index (χ1) is 20.6. The van der Waals surface area contributed by atoms with E-state index in [2.05, 4.69) is 15.2 Å². The van der Waals surface area contributed by atoms with Crippen molar-refractivity contribution in [3.63, 3.8) is 0 Å². The van der Waals surface area contributed by atoms with Gasteiger partial charge in [-0.15, -0.1) is 5.10 Å². The number of methoxy groups -OCH3 is 1. The number of halogens is 1. The third-order valence-corrected chi connectivity index (χ3v) is 7.31. The van der Waals surface area contributed by atoms with Gasteiger partial charge in [-0.3, -0.25) is 0 Å². The van der Waals surface area contributed by atoms with Gasteiger partial charge in [-0.1, -0.05) is 59.2 Å². The Bertz CT molecular complexity index is 1920. The Balaban J connectivity index is 1.31. The summed E-state index contributed by atoms with van der Waals surface area (Å²) >= 11 is 6.16. The van der Waals surface area contributed by atoms with Crippen molar-refractivity contribution in [3.05, 3.63) is 124 Å². The number of nitrogens with zero attached hydrogens (tertiary/aromatic N) is 7. The molecule has 0 bridgehead atoms. The minimum Gasteiger partial charge on any atom is -0.497 e. The zero-order valence-electron chi connectivity index (χ0n) is 22.7. The smallest absolute Gasteiger partial charge is 0.230 e. The fraction of sp³-hybridized carbons (Fsp3) is 0.129. The molecule has 208 valence electrons. The van der Waals surface area contributed by atoms with Crippen LogP contribution < -0.4 is 9.47 Å². The van der Waals surface area contributed by atoms with Gasteiger partial charge in [0, 0.05) is 5.02 Å². The van der Waals surface area contributed by atoms with Crippen LogP contribution in [0, 0.1) is 6.92 Å². The second-order valence-electron chi connectivity index (χ2n) is 9.68. The molecule has 42 heavy (non-hydrogen) atoms. The van der Waals surface area contributed by atoms with Crippen LogP contribution in [0.2, 0.25) is 5.02 Å². The molecule has 0 N–H and O–H groups in total. The Hall–Kier alpha value is -5.22. The number of ether oxygens (including phenoxy) is 2. The highest BCUT2D eigenvalue weighted by atomic mass is 35.5. The Labute approximate surface area is 245 Å². The van der Waals surface area contributed by atoms with Crippen LogP contribution in [-0.2, 0) is 11.4 Å². The molecule has 0 saturated carbocycles. The van der Waals surface area contributed by atoms with Crippen LogP contribution in [0.3, 0.4) is 0 Å². The highest BCUT2D eigenvalue weighted by Crippen LogP contribution is 2.49.